The molecule has 4 aliphatic carbocycles. The first-order valence-electron chi connectivity index (χ1n) is 15.4. The summed E-state index contributed by atoms with van der Waals surface area (Å²) in [5, 5.41) is 0. The molecule has 1 aromatic carbocycles. The van der Waals surface area contributed by atoms with E-state index in [0.717, 1.165) is 63.7 Å². The number of rotatable bonds is 7. The number of halogens is 2. The Morgan fingerprint density at radius 1 is 1.03 bits per heavy atom. The number of hydrogen-bond acceptors (Lipinski definition) is 2. The highest BCUT2D eigenvalue weighted by molar-refractivity contribution is 9.11. The van der Waals surface area contributed by atoms with Crippen LogP contribution in [0.5, 0.6) is 0 Å². The van der Waals surface area contributed by atoms with Crippen molar-refractivity contribution in [2.75, 3.05) is 0 Å². The molecule has 0 amide bonds. The molecule has 210 valence electrons. The normalized spacial score (nSPS) is 37.2. The summed E-state index contributed by atoms with van der Waals surface area (Å²) in [6.07, 6.45) is 16.7. The van der Waals surface area contributed by atoms with E-state index in [-0.39, 0.29) is 17.5 Å². The van der Waals surface area contributed by atoms with Crippen molar-refractivity contribution >= 4 is 37.8 Å². The molecular weight excluding hydrogens is 600 g/mol. The highest BCUT2D eigenvalue weighted by Crippen LogP contribution is 2.67. The van der Waals surface area contributed by atoms with E-state index in [9.17, 15) is 4.79 Å². The first kappa shape index (κ1) is 28.9. The van der Waals surface area contributed by atoms with Crippen molar-refractivity contribution in [3.63, 3.8) is 0 Å². The van der Waals surface area contributed by atoms with Gasteiger partial charge >= 0.3 is 5.97 Å². The molecule has 3 saturated carbocycles. The van der Waals surface area contributed by atoms with E-state index in [4.69, 9.17) is 4.74 Å². The van der Waals surface area contributed by atoms with Gasteiger partial charge in [0.15, 0.2) is 0 Å². The predicted molar refractivity (Wildman–Crippen MR) is 164 cm³/mol. The largest absolute Gasteiger partial charge is 0.458 e. The topological polar surface area (TPSA) is 26.3 Å². The quantitative estimate of drug-likeness (QED) is 0.217. The second-order valence-electron chi connectivity index (χ2n) is 14.2. The summed E-state index contributed by atoms with van der Waals surface area (Å²) in [5.74, 6) is 4.91. The Morgan fingerprint density at radius 2 is 1.82 bits per heavy atom. The predicted octanol–water partition coefficient (Wildman–Crippen LogP) is 10.8. The number of ether oxygens (including phenoxy) is 1. The van der Waals surface area contributed by atoms with E-state index < -0.39 is 0 Å². The zero-order valence-electron chi connectivity index (χ0n) is 24.2. The fourth-order valence-corrected chi connectivity index (χ4v) is 10.4. The lowest BCUT2D eigenvalue weighted by Gasteiger charge is -2.58. The minimum Gasteiger partial charge on any atom is -0.458 e. The highest BCUT2D eigenvalue weighted by atomic mass is 79.9. The number of allylic oxidation sites excluding steroid dienone is 1. The molecule has 0 spiro atoms. The van der Waals surface area contributed by atoms with Crippen molar-refractivity contribution in [3.8, 4) is 0 Å². The van der Waals surface area contributed by atoms with Gasteiger partial charge in [-0.3, -0.25) is 0 Å². The van der Waals surface area contributed by atoms with Crippen LogP contribution in [0, 0.1) is 46.3 Å². The van der Waals surface area contributed by atoms with E-state index >= 15 is 0 Å². The maximum atomic E-state index is 13.0. The van der Waals surface area contributed by atoms with Crippen LogP contribution in [0.2, 0.25) is 0 Å². The van der Waals surface area contributed by atoms with Crippen LogP contribution < -0.4 is 0 Å². The second-order valence-corrected chi connectivity index (χ2v) is 16.0. The third-order valence-corrected chi connectivity index (χ3v) is 12.9. The number of carbonyl (C=O) groups excluding carboxylic acids is 1. The number of esters is 1. The van der Waals surface area contributed by atoms with E-state index in [1.165, 1.54) is 51.4 Å². The van der Waals surface area contributed by atoms with Crippen molar-refractivity contribution in [1.29, 1.82) is 0 Å². The summed E-state index contributed by atoms with van der Waals surface area (Å²) in [5.41, 5.74) is 3.00. The zero-order valence-corrected chi connectivity index (χ0v) is 27.4. The molecule has 4 aliphatic rings. The molecule has 1 aromatic rings. The average Bonchev–Trinajstić information content (AvgIpc) is 3.22. The molecule has 0 aliphatic heterocycles. The Hall–Kier alpha value is -0.610. The standard InChI is InChI=1S/C34H48Br2O2/c1-21(2)7-6-8-22(3)28-12-13-29-26-11-9-23-19-25(38-32(37)27-20-24(35)10-14-31(27)36)15-17-33(23,4)30(26)16-18-34(28,29)5/h9-10,14,20-22,25-26,28-30H,6-8,11-13,15-19H2,1-5H3/t22-,25+,26+,28-,29+,30+,33+,34-/m1/s1. The molecule has 5 rings (SSSR count). The Labute approximate surface area is 248 Å². The minimum absolute atomic E-state index is 0.0133. The van der Waals surface area contributed by atoms with Crippen LogP contribution in [0.1, 0.15) is 116 Å². The van der Waals surface area contributed by atoms with Gasteiger partial charge in [0.2, 0.25) is 0 Å². The summed E-state index contributed by atoms with van der Waals surface area (Å²) >= 11 is 7.01. The van der Waals surface area contributed by atoms with E-state index in [0.29, 0.717) is 11.0 Å². The van der Waals surface area contributed by atoms with Crippen LogP contribution in [0.4, 0.5) is 0 Å². The third kappa shape index (κ3) is 5.36. The lowest BCUT2D eigenvalue weighted by molar-refractivity contribution is -0.0594. The van der Waals surface area contributed by atoms with Gasteiger partial charge < -0.3 is 4.74 Å². The van der Waals surface area contributed by atoms with Crippen LogP contribution in [0.15, 0.2) is 38.8 Å². The van der Waals surface area contributed by atoms with Gasteiger partial charge in [0.25, 0.3) is 0 Å². The average molecular weight is 649 g/mol. The van der Waals surface area contributed by atoms with E-state index in [1.807, 2.05) is 18.2 Å². The Morgan fingerprint density at radius 3 is 2.58 bits per heavy atom. The number of benzene rings is 1. The van der Waals surface area contributed by atoms with Crippen LogP contribution in [-0.2, 0) is 4.74 Å². The number of carbonyl (C=O) groups is 1. The maximum Gasteiger partial charge on any atom is 0.339 e. The molecule has 0 saturated heterocycles. The van der Waals surface area contributed by atoms with Crippen molar-refractivity contribution in [1.82, 2.24) is 0 Å². The second kappa shape index (κ2) is 11.3. The molecule has 3 fully saturated rings. The summed E-state index contributed by atoms with van der Waals surface area (Å²) in [6, 6.07) is 5.69. The number of fused-ring (bicyclic) bond motifs is 5. The van der Waals surface area contributed by atoms with Gasteiger partial charge in [-0.15, -0.1) is 0 Å². The monoisotopic (exact) mass is 646 g/mol. The fourth-order valence-electron chi connectivity index (χ4n) is 9.62. The lowest BCUT2D eigenvalue weighted by atomic mass is 9.47. The van der Waals surface area contributed by atoms with Crippen molar-refractivity contribution in [3.05, 3.63) is 44.4 Å². The van der Waals surface area contributed by atoms with E-state index in [2.05, 4.69) is 72.6 Å². The number of hydrogen-bond donors (Lipinski definition) is 0. The van der Waals surface area contributed by atoms with Gasteiger partial charge in [-0.05, 0) is 125 Å². The maximum absolute atomic E-state index is 13.0. The van der Waals surface area contributed by atoms with Gasteiger partial charge in [0, 0.05) is 15.4 Å². The van der Waals surface area contributed by atoms with Crippen LogP contribution in [-0.4, -0.2) is 12.1 Å². The first-order valence-corrected chi connectivity index (χ1v) is 17.0. The molecule has 2 nitrogen and oxygen atoms in total. The Kier molecular flexibility index (Phi) is 8.63. The molecule has 0 heterocycles. The smallest absolute Gasteiger partial charge is 0.339 e. The molecule has 8 atom stereocenters. The summed E-state index contributed by atoms with van der Waals surface area (Å²) in [7, 11) is 0. The van der Waals surface area contributed by atoms with Crippen LogP contribution >= 0.6 is 31.9 Å². The molecule has 0 N–H and O–H groups in total. The lowest BCUT2D eigenvalue weighted by Crippen LogP contribution is -2.51. The van der Waals surface area contributed by atoms with Crippen LogP contribution in [0.25, 0.3) is 0 Å². The van der Waals surface area contributed by atoms with Gasteiger partial charge in [0.1, 0.15) is 6.10 Å². The minimum atomic E-state index is -0.214. The molecule has 38 heavy (non-hydrogen) atoms. The SMILES string of the molecule is CC(C)CCC[C@@H](C)[C@H]1CC[C@H]2[C@@H]3CC=C4C[C@@H](OC(=O)c5cc(Br)ccc5Br)CC[C@]4(C)[C@H]3CC[C@]12C. The van der Waals surface area contributed by atoms with Crippen molar-refractivity contribution in [2.45, 2.75) is 111 Å². The first-order chi connectivity index (χ1) is 18.0. The summed E-state index contributed by atoms with van der Waals surface area (Å²) in [4.78, 5) is 13.0. The van der Waals surface area contributed by atoms with Gasteiger partial charge in [-0.25, -0.2) is 4.79 Å². The molecule has 0 bridgehead atoms. The highest BCUT2D eigenvalue weighted by Gasteiger charge is 2.59. The van der Waals surface area contributed by atoms with Crippen molar-refractivity contribution < 1.29 is 9.53 Å². The molecular formula is C34H48Br2O2. The Balaban J connectivity index is 1.26. The molecule has 0 unspecified atom stereocenters. The van der Waals surface area contributed by atoms with Gasteiger partial charge in [-0.1, -0.05) is 81.5 Å². The summed E-state index contributed by atoms with van der Waals surface area (Å²) in [6.45, 7) is 12.5. The molecule has 0 aromatic heterocycles. The molecule has 4 heteroatoms. The Bertz CT molecular complexity index is 1060. The third-order valence-electron chi connectivity index (χ3n) is 11.7. The van der Waals surface area contributed by atoms with E-state index in [1.54, 1.807) is 5.57 Å². The zero-order chi connectivity index (χ0) is 27.2. The van der Waals surface area contributed by atoms with Crippen LogP contribution in [0.3, 0.4) is 0 Å². The van der Waals surface area contributed by atoms with Crippen molar-refractivity contribution in [2.24, 2.45) is 46.3 Å². The van der Waals surface area contributed by atoms with Gasteiger partial charge in [0.05, 0.1) is 5.56 Å². The van der Waals surface area contributed by atoms with Gasteiger partial charge in [-0.2, -0.15) is 0 Å². The fraction of sp³-hybridized carbons (Fsp3) is 0.735. The molecule has 0 radical (unpaired) electrons. The summed E-state index contributed by atoms with van der Waals surface area (Å²) < 4.78 is 7.77.